The maximum Gasteiger partial charge on any atom is 0.145 e. The van der Waals surface area contributed by atoms with Crippen LogP contribution in [0.2, 0.25) is 0 Å². The third-order valence-corrected chi connectivity index (χ3v) is 9.05. The van der Waals surface area contributed by atoms with Crippen LogP contribution in [0.1, 0.15) is 31.9 Å². The van der Waals surface area contributed by atoms with Crippen molar-refractivity contribution < 1.29 is 0 Å². The van der Waals surface area contributed by atoms with E-state index in [0.717, 1.165) is 61.1 Å². The summed E-state index contributed by atoms with van der Waals surface area (Å²) in [6.45, 7) is 8.89. The molecule has 0 atom stereocenters. The highest BCUT2D eigenvalue weighted by Crippen LogP contribution is 2.42. The largest absolute Gasteiger partial charge is 0.292 e. The average Bonchev–Trinajstić information content (AvgIpc) is 3.50. The van der Waals surface area contributed by atoms with Crippen LogP contribution in [0.3, 0.4) is 0 Å². The van der Waals surface area contributed by atoms with Crippen LogP contribution in [0, 0.1) is 6.92 Å². The van der Waals surface area contributed by atoms with E-state index in [1.165, 1.54) is 21.9 Å². The molecule has 0 amide bonds. The molecule has 8 rings (SSSR count). The molecule has 0 fully saturated rings. The SMILES string of the molecule is Cc1ccc(-n2c(-c3ccc(C(C)(C)C)cc3)nc3c4ccc(-c5ccncc5)cc4c4cc(-c5ccncc5)ccc4c32)cc1. The van der Waals surface area contributed by atoms with Gasteiger partial charge in [-0.1, -0.05) is 87.0 Å². The highest BCUT2D eigenvalue weighted by Gasteiger charge is 2.22. The predicted octanol–water partition coefficient (Wildman–Crippen LogP) is 10.7. The van der Waals surface area contributed by atoms with Crippen molar-refractivity contribution in [1.82, 2.24) is 19.5 Å². The van der Waals surface area contributed by atoms with E-state index in [0.29, 0.717) is 0 Å². The summed E-state index contributed by atoms with van der Waals surface area (Å²) in [5, 5.41) is 4.66. The van der Waals surface area contributed by atoms with Crippen molar-refractivity contribution in [2.45, 2.75) is 33.1 Å². The molecule has 0 saturated carbocycles. The van der Waals surface area contributed by atoms with Gasteiger partial charge >= 0.3 is 0 Å². The first-order chi connectivity index (χ1) is 22.3. The fourth-order valence-electron chi connectivity index (χ4n) is 6.51. The van der Waals surface area contributed by atoms with Gasteiger partial charge in [-0.2, -0.15) is 0 Å². The van der Waals surface area contributed by atoms with Crippen LogP contribution in [-0.4, -0.2) is 19.5 Å². The van der Waals surface area contributed by atoms with E-state index in [1.807, 2.05) is 24.8 Å². The second-order valence-electron chi connectivity index (χ2n) is 13.1. The normalized spacial score (nSPS) is 11.9. The molecule has 8 aromatic rings. The van der Waals surface area contributed by atoms with E-state index in [2.05, 4.69) is 151 Å². The van der Waals surface area contributed by atoms with Gasteiger partial charge in [0.25, 0.3) is 0 Å². The Balaban J connectivity index is 1.50. The number of pyridine rings is 2. The summed E-state index contributed by atoms with van der Waals surface area (Å²) < 4.78 is 2.35. The van der Waals surface area contributed by atoms with Gasteiger partial charge in [-0.3, -0.25) is 14.5 Å². The molecular formula is C42H34N4. The van der Waals surface area contributed by atoms with Crippen LogP contribution in [0.15, 0.2) is 134 Å². The van der Waals surface area contributed by atoms with Crippen molar-refractivity contribution >= 4 is 32.6 Å². The third-order valence-electron chi connectivity index (χ3n) is 9.05. The number of aromatic nitrogens is 4. The monoisotopic (exact) mass is 594 g/mol. The van der Waals surface area contributed by atoms with Crippen LogP contribution in [-0.2, 0) is 5.41 Å². The van der Waals surface area contributed by atoms with Crippen LogP contribution in [0.25, 0.3) is 71.9 Å². The lowest BCUT2D eigenvalue weighted by Gasteiger charge is -2.19. The second kappa shape index (κ2) is 10.8. The van der Waals surface area contributed by atoms with Gasteiger partial charge in [-0.25, -0.2) is 4.98 Å². The topological polar surface area (TPSA) is 43.6 Å². The van der Waals surface area contributed by atoms with Gasteiger partial charge in [0.05, 0.1) is 11.0 Å². The fourth-order valence-corrected chi connectivity index (χ4v) is 6.51. The second-order valence-corrected chi connectivity index (χ2v) is 13.1. The van der Waals surface area contributed by atoms with Gasteiger partial charge in [-0.05, 0) is 99.5 Å². The fraction of sp³-hybridized carbons (Fsp3) is 0.119. The molecule has 0 aliphatic rings. The van der Waals surface area contributed by atoms with Crippen LogP contribution >= 0.6 is 0 Å². The summed E-state index contributed by atoms with van der Waals surface area (Å²) in [7, 11) is 0. The number of nitrogens with zero attached hydrogens (tertiary/aromatic N) is 4. The van der Waals surface area contributed by atoms with Gasteiger partial charge < -0.3 is 0 Å². The molecule has 0 spiro atoms. The van der Waals surface area contributed by atoms with E-state index >= 15 is 0 Å². The Kier molecular flexibility index (Phi) is 6.54. The van der Waals surface area contributed by atoms with Crippen molar-refractivity contribution in [3.63, 3.8) is 0 Å². The van der Waals surface area contributed by atoms with Crippen LogP contribution in [0.5, 0.6) is 0 Å². The van der Waals surface area contributed by atoms with Crippen LogP contribution in [0.4, 0.5) is 0 Å². The van der Waals surface area contributed by atoms with E-state index in [4.69, 9.17) is 4.98 Å². The quantitative estimate of drug-likeness (QED) is 0.190. The van der Waals surface area contributed by atoms with Crippen LogP contribution < -0.4 is 0 Å². The molecule has 0 N–H and O–H groups in total. The summed E-state index contributed by atoms with van der Waals surface area (Å²) in [5.74, 6) is 0.935. The Morgan fingerprint density at radius 1 is 0.500 bits per heavy atom. The van der Waals surface area contributed by atoms with Crippen molar-refractivity contribution in [2.75, 3.05) is 0 Å². The third kappa shape index (κ3) is 4.74. The summed E-state index contributed by atoms with van der Waals surface area (Å²) in [6.07, 6.45) is 7.41. The molecule has 222 valence electrons. The van der Waals surface area contributed by atoms with Crippen molar-refractivity contribution in [1.29, 1.82) is 0 Å². The number of imidazole rings is 1. The Bertz CT molecular complexity index is 2360. The smallest absolute Gasteiger partial charge is 0.145 e. The summed E-state index contributed by atoms with van der Waals surface area (Å²) >= 11 is 0. The number of hydrogen-bond donors (Lipinski definition) is 0. The Labute approximate surface area is 269 Å². The Morgan fingerprint density at radius 2 is 1.02 bits per heavy atom. The highest BCUT2D eigenvalue weighted by atomic mass is 15.1. The zero-order chi connectivity index (χ0) is 31.4. The van der Waals surface area contributed by atoms with Crippen molar-refractivity contribution in [2.24, 2.45) is 0 Å². The molecular weight excluding hydrogens is 560 g/mol. The van der Waals surface area contributed by atoms with Gasteiger partial charge in [0.15, 0.2) is 0 Å². The first kappa shape index (κ1) is 27.9. The lowest BCUT2D eigenvalue weighted by molar-refractivity contribution is 0.590. The number of fused-ring (bicyclic) bond motifs is 6. The van der Waals surface area contributed by atoms with E-state index in [9.17, 15) is 0 Å². The summed E-state index contributed by atoms with van der Waals surface area (Å²) in [4.78, 5) is 14.0. The molecule has 0 unspecified atom stereocenters. The standard InChI is InChI=1S/C42H34N4/c1-27-5-13-34(14-6-27)46-40-36-16-10-32(29-19-23-44-24-20-29)26-38(36)37-25-31(28-17-21-43-22-18-28)9-15-35(37)39(40)45-41(46)30-7-11-33(12-8-30)42(2,3)4/h5-26H,1-4H3. The minimum Gasteiger partial charge on any atom is -0.292 e. The molecule has 0 aliphatic heterocycles. The number of rotatable bonds is 4. The first-order valence-corrected chi connectivity index (χ1v) is 15.8. The van der Waals surface area contributed by atoms with Gasteiger partial charge in [0, 0.05) is 46.8 Å². The predicted molar refractivity (Wildman–Crippen MR) is 191 cm³/mol. The first-order valence-electron chi connectivity index (χ1n) is 15.8. The molecule has 0 aliphatic carbocycles. The summed E-state index contributed by atoms with van der Waals surface area (Å²) in [6, 6.07) is 39.5. The van der Waals surface area contributed by atoms with Gasteiger partial charge in [0.1, 0.15) is 5.82 Å². The Hall–Kier alpha value is -5.61. The lowest BCUT2D eigenvalue weighted by atomic mass is 9.86. The maximum atomic E-state index is 5.48. The molecule has 0 radical (unpaired) electrons. The zero-order valence-electron chi connectivity index (χ0n) is 26.5. The maximum absolute atomic E-state index is 5.48. The molecule has 46 heavy (non-hydrogen) atoms. The number of aryl methyl sites for hydroxylation is 1. The van der Waals surface area contributed by atoms with E-state index in [1.54, 1.807) is 0 Å². The summed E-state index contributed by atoms with van der Waals surface area (Å²) in [5.41, 5.74) is 11.5. The lowest BCUT2D eigenvalue weighted by Crippen LogP contribution is -2.10. The van der Waals surface area contributed by atoms with Gasteiger partial charge in [-0.15, -0.1) is 0 Å². The molecule has 3 heterocycles. The molecule has 4 heteroatoms. The minimum absolute atomic E-state index is 0.0705. The highest BCUT2D eigenvalue weighted by molar-refractivity contribution is 6.25. The zero-order valence-corrected chi connectivity index (χ0v) is 26.5. The Morgan fingerprint density at radius 3 is 1.59 bits per heavy atom. The number of benzene rings is 5. The van der Waals surface area contributed by atoms with E-state index < -0.39 is 0 Å². The molecule has 4 nitrogen and oxygen atoms in total. The molecule has 0 saturated heterocycles. The van der Waals surface area contributed by atoms with E-state index in [-0.39, 0.29) is 5.41 Å². The molecule has 0 bridgehead atoms. The van der Waals surface area contributed by atoms with Crippen molar-refractivity contribution in [3.8, 4) is 39.3 Å². The van der Waals surface area contributed by atoms with Gasteiger partial charge in [0.2, 0.25) is 0 Å². The van der Waals surface area contributed by atoms with Crippen molar-refractivity contribution in [3.05, 3.63) is 145 Å². The number of hydrogen-bond acceptors (Lipinski definition) is 3. The average molecular weight is 595 g/mol. The molecule has 3 aromatic heterocycles. The minimum atomic E-state index is 0.0705. The molecule has 5 aromatic carbocycles.